The summed E-state index contributed by atoms with van der Waals surface area (Å²) in [6, 6.07) is 19.8. The van der Waals surface area contributed by atoms with Crippen molar-refractivity contribution in [3.8, 4) is 0 Å². The summed E-state index contributed by atoms with van der Waals surface area (Å²) in [5.74, 6) is -2.93. The van der Waals surface area contributed by atoms with Gasteiger partial charge in [0.25, 0.3) is 0 Å². The SMILES string of the molecule is CC.CC.CC(C(=O)O)c1ccccc1NC1=CC(Cl)C=CC=C1.CC(C(=O)O)c1ccccc1Nc1c(Cl)cccc1Cl. The highest BCUT2D eigenvalue weighted by atomic mass is 35.5. The summed E-state index contributed by atoms with van der Waals surface area (Å²) in [6.45, 7) is 11.3. The molecule has 44 heavy (non-hydrogen) atoms. The monoisotopic (exact) mass is 658 g/mol. The highest BCUT2D eigenvalue weighted by molar-refractivity contribution is 6.39. The van der Waals surface area contributed by atoms with Crippen molar-refractivity contribution in [1.82, 2.24) is 0 Å². The van der Waals surface area contributed by atoms with Crippen LogP contribution in [0.15, 0.2) is 103 Å². The van der Waals surface area contributed by atoms with E-state index >= 15 is 0 Å². The summed E-state index contributed by atoms with van der Waals surface area (Å²) < 4.78 is 0. The molecule has 236 valence electrons. The number of allylic oxidation sites excluding steroid dienone is 5. The first-order valence-corrected chi connectivity index (χ1v) is 15.6. The molecule has 0 heterocycles. The third-order valence-corrected chi connectivity index (χ3v) is 7.02. The Kier molecular flexibility index (Phi) is 17.7. The first-order chi connectivity index (χ1) is 21.1. The van der Waals surface area contributed by atoms with Crippen molar-refractivity contribution in [2.24, 2.45) is 0 Å². The van der Waals surface area contributed by atoms with Crippen LogP contribution in [-0.4, -0.2) is 27.5 Å². The van der Waals surface area contributed by atoms with Crippen LogP contribution in [0, 0.1) is 0 Å². The molecule has 0 spiro atoms. The third kappa shape index (κ3) is 11.8. The number of hydrogen-bond acceptors (Lipinski definition) is 4. The maximum Gasteiger partial charge on any atom is 0.310 e. The lowest BCUT2D eigenvalue weighted by molar-refractivity contribution is -0.139. The van der Waals surface area contributed by atoms with Gasteiger partial charge in [0.2, 0.25) is 0 Å². The first kappa shape index (κ1) is 38.3. The number of benzene rings is 3. The minimum atomic E-state index is -0.885. The van der Waals surface area contributed by atoms with Crippen LogP contribution in [0.2, 0.25) is 10.0 Å². The van der Waals surface area contributed by atoms with Gasteiger partial charge in [-0.25, -0.2) is 0 Å². The second-order valence-electron chi connectivity index (χ2n) is 8.95. The van der Waals surface area contributed by atoms with E-state index in [-0.39, 0.29) is 5.38 Å². The fraction of sp³-hybridized carbons (Fsp3) is 0.257. The number of halogens is 3. The Balaban J connectivity index is 0.000000395. The highest BCUT2D eigenvalue weighted by Crippen LogP contribution is 2.35. The van der Waals surface area contributed by atoms with Gasteiger partial charge in [-0.2, -0.15) is 0 Å². The second-order valence-corrected chi connectivity index (χ2v) is 10.3. The molecule has 3 unspecified atom stereocenters. The average Bonchev–Trinajstić information content (AvgIpc) is 3.24. The molecule has 0 fully saturated rings. The highest BCUT2D eigenvalue weighted by Gasteiger charge is 2.19. The fourth-order valence-electron chi connectivity index (χ4n) is 3.85. The minimum absolute atomic E-state index is 0.184. The molecule has 0 radical (unpaired) electrons. The van der Waals surface area contributed by atoms with Crippen LogP contribution < -0.4 is 10.6 Å². The van der Waals surface area contributed by atoms with Gasteiger partial charge in [-0.15, -0.1) is 11.6 Å². The Morgan fingerprint density at radius 2 is 1.16 bits per heavy atom. The molecule has 1 aliphatic carbocycles. The van der Waals surface area contributed by atoms with Crippen molar-refractivity contribution < 1.29 is 19.8 Å². The van der Waals surface area contributed by atoms with Gasteiger partial charge in [-0.1, -0.05) is 112 Å². The van der Waals surface area contributed by atoms with E-state index in [1.165, 1.54) is 0 Å². The Labute approximate surface area is 276 Å². The van der Waals surface area contributed by atoms with Gasteiger partial charge in [-0.05, 0) is 61.4 Å². The maximum atomic E-state index is 11.2. The number of nitrogens with one attached hydrogen (secondary N) is 2. The van der Waals surface area contributed by atoms with Crippen molar-refractivity contribution in [3.63, 3.8) is 0 Å². The van der Waals surface area contributed by atoms with Crippen molar-refractivity contribution in [1.29, 1.82) is 0 Å². The summed E-state index contributed by atoms with van der Waals surface area (Å²) in [6.07, 6.45) is 9.43. The van der Waals surface area contributed by atoms with Crippen molar-refractivity contribution in [3.05, 3.63) is 124 Å². The quantitative estimate of drug-likeness (QED) is 0.180. The molecule has 3 aromatic carbocycles. The lowest BCUT2D eigenvalue weighted by atomic mass is 9.99. The molecule has 0 aromatic heterocycles. The zero-order chi connectivity index (χ0) is 33.2. The van der Waals surface area contributed by atoms with E-state index in [0.717, 1.165) is 16.9 Å². The predicted octanol–water partition coefficient (Wildman–Crippen LogP) is 10.9. The Morgan fingerprint density at radius 1 is 0.705 bits per heavy atom. The van der Waals surface area contributed by atoms with Gasteiger partial charge in [0, 0.05) is 17.1 Å². The Morgan fingerprint density at radius 3 is 1.64 bits per heavy atom. The smallest absolute Gasteiger partial charge is 0.310 e. The number of aliphatic carboxylic acids is 2. The summed E-state index contributed by atoms with van der Waals surface area (Å²) in [5, 5.41) is 25.5. The molecule has 0 aliphatic heterocycles. The molecule has 6 nitrogen and oxygen atoms in total. The molecular weight excluding hydrogens is 619 g/mol. The Hall–Kier alpha value is -3.71. The number of rotatable bonds is 8. The maximum absolute atomic E-state index is 11.2. The zero-order valence-corrected chi connectivity index (χ0v) is 28.1. The largest absolute Gasteiger partial charge is 0.481 e. The number of para-hydroxylation sites is 3. The lowest BCUT2D eigenvalue weighted by Gasteiger charge is -2.16. The first-order valence-electron chi connectivity index (χ1n) is 14.4. The minimum Gasteiger partial charge on any atom is -0.481 e. The number of carboxylic acid groups (broad SMARTS) is 2. The number of anilines is 3. The van der Waals surface area contributed by atoms with E-state index in [9.17, 15) is 9.59 Å². The molecule has 0 amide bonds. The van der Waals surface area contributed by atoms with E-state index in [4.69, 9.17) is 45.0 Å². The van der Waals surface area contributed by atoms with Crippen LogP contribution >= 0.6 is 34.8 Å². The number of alkyl halides is 1. The summed E-state index contributed by atoms with van der Waals surface area (Å²) in [7, 11) is 0. The van der Waals surface area contributed by atoms with Gasteiger partial charge in [-0.3, -0.25) is 9.59 Å². The molecule has 9 heteroatoms. The van der Waals surface area contributed by atoms with Gasteiger partial charge in [0.1, 0.15) is 0 Å². The molecule has 4 rings (SSSR count). The van der Waals surface area contributed by atoms with Gasteiger partial charge in [0.15, 0.2) is 0 Å². The van der Waals surface area contributed by atoms with Crippen LogP contribution in [0.25, 0.3) is 0 Å². The van der Waals surface area contributed by atoms with Gasteiger partial charge < -0.3 is 20.8 Å². The molecule has 0 bridgehead atoms. The van der Waals surface area contributed by atoms with Crippen molar-refractivity contribution in [2.45, 2.75) is 58.8 Å². The number of carbonyl (C=O) groups is 2. The van der Waals surface area contributed by atoms with Crippen LogP contribution in [0.3, 0.4) is 0 Å². The molecule has 0 saturated carbocycles. The molecule has 0 saturated heterocycles. The van der Waals surface area contributed by atoms with E-state index in [1.54, 1.807) is 50.2 Å². The van der Waals surface area contributed by atoms with Crippen LogP contribution in [-0.2, 0) is 9.59 Å². The molecule has 3 aromatic rings. The lowest BCUT2D eigenvalue weighted by Crippen LogP contribution is -2.11. The average molecular weight is 660 g/mol. The van der Waals surface area contributed by atoms with Crippen LogP contribution in [0.1, 0.15) is 64.5 Å². The van der Waals surface area contributed by atoms with Crippen LogP contribution in [0.4, 0.5) is 17.1 Å². The van der Waals surface area contributed by atoms with Crippen molar-refractivity contribution >= 4 is 63.8 Å². The van der Waals surface area contributed by atoms with Gasteiger partial charge >= 0.3 is 11.9 Å². The normalized spacial score (nSPS) is 14.4. The second kappa shape index (κ2) is 20.3. The topological polar surface area (TPSA) is 98.7 Å². The molecule has 3 atom stereocenters. The Bertz CT molecular complexity index is 1430. The predicted molar refractivity (Wildman–Crippen MR) is 187 cm³/mol. The number of carboxylic acids is 2. The summed E-state index contributed by atoms with van der Waals surface area (Å²) in [5.41, 5.74) is 4.30. The fourth-order valence-corrected chi connectivity index (χ4v) is 4.56. The standard InChI is InChI=1S/C16H16ClNO2.C15H13Cl2NO2.2C2H6/c1-11(16(19)20)14-8-4-5-9-15(14)18-13-7-3-2-6-12(17)10-13;1-9(15(19)20)10-5-2-3-8-13(10)18-14-11(16)6-4-7-12(14)17;2*1-2/h2-12,18H,1H3,(H,19,20);2-9,18H,1H3,(H,19,20);2*1-2H3. The van der Waals surface area contributed by atoms with E-state index < -0.39 is 23.8 Å². The molecular formula is C35H41Cl3N2O4. The zero-order valence-electron chi connectivity index (χ0n) is 25.8. The molecule has 4 N–H and O–H groups in total. The molecule has 1 aliphatic rings. The summed E-state index contributed by atoms with van der Waals surface area (Å²) in [4.78, 5) is 22.3. The number of hydrogen-bond donors (Lipinski definition) is 4. The van der Waals surface area contributed by atoms with E-state index in [0.29, 0.717) is 27.0 Å². The van der Waals surface area contributed by atoms with E-state index in [1.807, 2.05) is 88.4 Å². The van der Waals surface area contributed by atoms with E-state index in [2.05, 4.69) is 10.6 Å². The van der Waals surface area contributed by atoms with Gasteiger partial charge in [0.05, 0.1) is 32.9 Å². The third-order valence-electron chi connectivity index (χ3n) is 6.12. The van der Waals surface area contributed by atoms with Crippen LogP contribution in [0.5, 0.6) is 0 Å². The van der Waals surface area contributed by atoms with Crippen molar-refractivity contribution in [2.75, 3.05) is 10.6 Å². The summed E-state index contributed by atoms with van der Waals surface area (Å²) >= 11 is 18.3.